The Morgan fingerprint density at radius 2 is 2.17 bits per heavy atom. The fraction of sp³-hybridized carbons (Fsp3) is 0.333. The topological polar surface area (TPSA) is 59.0 Å². The summed E-state index contributed by atoms with van der Waals surface area (Å²) < 4.78 is 28.5. The molecule has 8 heteroatoms. The first-order chi connectivity index (χ1) is 10.6. The molecule has 0 saturated carbocycles. The zero-order valence-corrected chi connectivity index (χ0v) is 13.2. The molecule has 2 aromatic rings. The second kappa shape index (κ2) is 7.06. The minimum atomic E-state index is -1.04. The Labute approximate surface area is 138 Å². The third kappa shape index (κ3) is 3.51. The van der Waals surface area contributed by atoms with Crippen LogP contribution >= 0.6 is 12.4 Å². The number of nitrogens with zero attached hydrogens (tertiary/aromatic N) is 2. The van der Waals surface area contributed by atoms with Gasteiger partial charge in [-0.25, -0.2) is 8.78 Å². The molecule has 1 aromatic carbocycles. The van der Waals surface area contributed by atoms with Crippen molar-refractivity contribution in [1.82, 2.24) is 15.1 Å². The van der Waals surface area contributed by atoms with E-state index >= 15 is 0 Å². The van der Waals surface area contributed by atoms with Crippen LogP contribution in [0.5, 0.6) is 0 Å². The number of aromatic nitrogens is 2. The molecule has 1 aliphatic heterocycles. The molecule has 0 radical (unpaired) electrons. The molecule has 2 heterocycles. The normalized spacial score (nSPS) is 20.1. The number of hydrogen-bond donors (Lipinski definition) is 2. The van der Waals surface area contributed by atoms with Crippen molar-refractivity contribution in [2.45, 2.75) is 5.92 Å². The van der Waals surface area contributed by atoms with E-state index in [0.29, 0.717) is 13.1 Å². The zero-order valence-electron chi connectivity index (χ0n) is 12.4. The number of halogens is 3. The van der Waals surface area contributed by atoms with Crippen LogP contribution in [0.15, 0.2) is 30.6 Å². The number of carbonyl (C=O) groups is 1. The van der Waals surface area contributed by atoms with E-state index in [1.54, 1.807) is 10.9 Å². The Hall–Kier alpha value is -1.99. The van der Waals surface area contributed by atoms with Crippen LogP contribution in [-0.4, -0.2) is 28.8 Å². The fourth-order valence-electron chi connectivity index (χ4n) is 2.76. The Bertz CT molecular complexity index is 707. The van der Waals surface area contributed by atoms with Gasteiger partial charge in [-0.2, -0.15) is 5.10 Å². The maximum absolute atomic E-state index is 13.7. The predicted molar refractivity (Wildman–Crippen MR) is 84.5 cm³/mol. The maximum Gasteiger partial charge on any atom is 0.229 e. The lowest BCUT2D eigenvalue weighted by Crippen LogP contribution is -2.28. The fourth-order valence-corrected chi connectivity index (χ4v) is 2.76. The van der Waals surface area contributed by atoms with Gasteiger partial charge in [-0.15, -0.1) is 12.4 Å². The molecular weight excluding hydrogens is 326 g/mol. The Kier molecular flexibility index (Phi) is 5.33. The first kappa shape index (κ1) is 17.4. The van der Waals surface area contributed by atoms with Gasteiger partial charge in [0.05, 0.1) is 17.8 Å². The van der Waals surface area contributed by atoms with E-state index in [0.717, 1.165) is 11.6 Å². The number of amides is 1. The van der Waals surface area contributed by atoms with Gasteiger partial charge in [-0.1, -0.05) is 6.07 Å². The second-order valence-corrected chi connectivity index (χ2v) is 5.41. The summed E-state index contributed by atoms with van der Waals surface area (Å²) in [5.41, 5.74) is 0.814. The summed E-state index contributed by atoms with van der Waals surface area (Å²) in [6.45, 7) is 1.14. The molecular formula is C15H17ClF2N4O. The number of hydrogen-bond acceptors (Lipinski definition) is 3. The highest BCUT2D eigenvalue weighted by Crippen LogP contribution is 2.29. The van der Waals surface area contributed by atoms with E-state index in [1.807, 2.05) is 13.2 Å². The summed E-state index contributed by atoms with van der Waals surface area (Å²) >= 11 is 0. The van der Waals surface area contributed by atoms with Crippen molar-refractivity contribution in [2.75, 3.05) is 18.4 Å². The molecule has 23 heavy (non-hydrogen) atoms. The number of rotatable bonds is 3. The molecule has 2 atom stereocenters. The molecule has 124 valence electrons. The minimum Gasteiger partial charge on any atom is -0.323 e. The van der Waals surface area contributed by atoms with E-state index in [4.69, 9.17) is 0 Å². The largest absolute Gasteiger partial charge is 0.323 e. The smallest absolute Gasteiger partial charge is 0.229 e. The van der Waals surface area contributed by atoms with Crippen LogP contribution < -0.4 is 10.6 Å². The number of aryl methyl sites for hydroxylation is 1. The second-order valence-electron chi connectivity index (χ2n) is 5.41. The first-order valence-corrected chi connectivity index (χ1v) is 7.00. The average Bonchev–Trinajstić information content (AvgIpc) is 3.12. The van der Waals surface area contributed by atoms with E-state index in [-0.39, 0.29) is 35.8 Å². The van der Waals surface area contributed by atoms with Gasteiger partial charge in [0, 0.05) is 32.3 Å². The Morgan fingerprint density at radius 3 is 2.87 bits per heavy atom. The molecule has 1 fully saturated rings. The highest BCUT2D eigenvalue weighted by atomic mass is 35.5. The van der Waals surface area contributed by atoms with Crippen molar-refractivity contribution in [3.05, 3.63) is 47.8 Å². The SMILES string of the molecule is Cl.Cn1cc([C@H]2CNC[C@@H]2C(=O)Nc2cccc(F)c2F)cn1. The summed E-state index contributed by atoms with van der Waals surface area (Å²) in [6.07, 6.45) is 3.58. The van der Waals surface area contributed by atoms with Gasteiger partial charge in [-0.3, -0.25) is 9.48 Å². The van der Waals surface area contributed by atoms with Crippen molar-refractivity contribution < 1.29 is 13.6 Å². The maximum atomic E-state index is 13.7. The van der Waals surface area contributed by atoms with E-state index in [2.05, 4.69) is 15.7 Å². The van der Waals surface area contributed by atoms with Crippen LogP contribution in [0.3, 0.4) is 0 Å². The van der Waals surface area contributed by atoms with Crippen LogP contribution in [0.2, 0.25) is 0 Å². The van der Waals surface area contributed by atoms with Crippen LogP contribution in [-0.2, 0) is 11.8 Å². The lowest BCUT2D eigenvalue weighted by molar-refractivity contribution is -0.119. The summed E-state index contributed by atoms with van der Waals surface area (Å²) in [4.78, 5) is 12.4. The number of carbonyl (C=O) groups excluding carboxylic acids is 1. The lowest BCUT2D eigenvalue weighted by atomic mass is 9.90. The summed E-state index contributed by atoms with van der Waals surface area (Å²) in [5.74, 6) is -2.74. The quantitative estimate of drug-likeness (QED) is 0.897. The van der Waals surface area contributed by atoms with Crippen molar-refractivity contribution in [3.8, 4) is 0 Å². The lowest BCUT2D eigenvalue weighted by Gasteiger charge is -2.17. The minimum absolute atomic E-state index is 0. The van der Waals surface area contributed by atoms with Gasteiger partial charge in [-0.05, 0) is 17.7 Å². The molecule has 3 rings (SSSR count). The van der Waals surface area contributed by atoms with Crippen LogP contribution in [0.1, 0.15) is 11.5 Å². The molecule has 0 aliphatic carbocycles. The van der Waals surface area contributed by atoms with Crippen molar-refractivity contribution in [1.29, 1.82) is 0 Å². The van der Waals surface area contributed by atoms with E-state index in [9.17, 15) is 13.6 Å². The van der Waals surface area contributed by atoms with Crippen LogP contribution in [0.4, 0.5) is 14.5 Å². The van der Waals surface area contributed by atoms with Gasteiger partial charge in [0.2, 0.25) is 5.91 Å². The number of nitrogens with one attached hydrogen (secondary N) is 2. The van der Waals surface area contributed by atoms with Crippen molar-refractivity contribution in [3.63, 3.8) is 0 Å². The molecule has 0 bridgehead atoms. The summed E-state index contributed by atoms with van der Waals surface area (Å²) in [5, 5.41) is 9.75. The van der Waals surface area contributed by atoms with E-state index in [1.165, 1.54) is 12.1 Å². The third-order valence-corrected chi connectivity index (χ3v) is 3.91. The average molecular weight is 343 g/mol. The molecule has 0 spiro atoms. The summed E-state index contributed by atoms with van der Waals surface area (Å²) in [6, 6.07) is 3.72. The first-order valence-electron chi connectivity index (χ1n) is 7.00. The molecule has 0 unspecified atom stereocenters. The van der Waals surface area contributed by atoms with E-state index < -0.39 is 11.6 Å². The summed E-state index contributed by atoms with van der Waals surface area (Å²) in [7, 11) is 1.81. The zero-order chi connectivity index (χ0) is 15.7. The molecule has 2 N–H and O–H groups in total. The van der Waals surface area contributed by atoms with Gasteiger partial charge in [0.15, 0.2) is 11.6 Å². The monoisotopic (exact) mass is 342 g/mol. The third-order valence-electron chi connectivity index (χ3n) is 3.91. The molecule has 1 amide bonds. The van der Waals surface area contributed by atoms with Gasteiger partial charge >= 0.3 is 0 Å². The standard InChI is InChI=1S/C15H16F2N4O.ClH/c1-21-8-9(5-19-21)10-6-18-7-11(10)15(22)20-13-4-2-3-12(16)14(13)17;/h2-5,8,10-11,18H,6-7H2,1H3,(H,20,22);1H/t10-,11+;/m1./s1. The van der Waals surface area contributed by atoms with Crippen LogP contribution in [0, 0.1) is 17.6 Å². The molecule has 1 aromatic heterocycles. The molecule has 1 saturated heterocycles. The van der Waals surface area contributed by atoms with Gasteiger partial charge in [0.1, 0.15) is 0 Å². The Morgan fingerprint density at radius 1 is 1.39 bits per heavy atom. The van der Waals surface area contributed by atoms with Crippen molar-refractivity contribution >= 4 is 24.0 Å². The Balaban J connectivity index is 0.00000192. The van der Waals surface area contributed by atoms with Gasteiger partial charge in [0.25, 0.3) is 0 Å². The molecule has 1 aliphatic rings. The van der Waals surface area contributed by atoms with Crippen molar-refractivity contribution in [2.24, 2.45) is 13.0 Å². The van der Waals surface area contributed by atoms with Gasteiger partial charge < -0.3 is 10.6 Å². The highest BCUT2D eigenvalue weighted by molar-refractivity contribution is 5.93. The predicted octanol–water partition coefficient (Wildman–Crippen LogP) is 2.06. The molecule has 5 nitrogen and oxygen atoms in total. The number of anilines is 1. The number of benzene rings is 1. The highest BCUT2D eigenvalue weighted by Gasteiger charge is 2.35. The van der Waals surface area contributed by atoms with Crippen LogP contribution in [0.25, 0.3) is 0 Å².